The maximum Gasteiger partial charge on any atom is 0.202 e. The first-order valence-corrected chi connectivity index (χ1v) is 7.12. The van der Waals surface area contributed by atoms with Gasteiger partial charge in [-0.15, -0.1) is 0 Å². The zero-order valence-electron chi connectivity index (χ0n) is 9.27. The van der Waals surface area contributed by atoms with E-state index in [0.717, 1.165) is 17.7 Å². The predicted octanol–water partition coefficient (Wildman–Crippen LogP) is 2.42. The molecule has 3 rings (SSSR count). The lowest BCUT2D eigenvalue weighted by Crippen LogP contribution is -2.12. The summed E-state index contributed by atoms with van der Waals surface area (Å²) >= 11 is 7.90. The average molecular weight is 269 g/mol. The van der Waals surface area contributed by atoms with Crippen LogP contribution in [0.4, 0.5) is 5.95 Å². The lowest BCUT2D eigenvalue weighted by atomic mass is 10.1. The summed E-state index contributed by atoms with van der Waals surface area (Å²) in [5.41, 5.74) is 7.56. The first-order valence-electron chi connectivity index (χ1n) is 5.59. The molecule has 1 saturated heterocycles. The van der Waals surface area contributed by atoms with E-state index in [1.165, 1.54) is 17.9 Å². The number of aromatic nitrogens is 3. The fourth-order valence-corrected chi connectivity index (χ4v) is 3.59. The summed E-state index contributed by atoms with van der Waals surface area (Å²) in [6.45, 7) is 0.907. The Bertz CT molecular complexity index is 548. The van der Waals surface area contributed by atoms with Crippen molar-refractivity contribution < 1.29 is 0 Å². The minimum Gasteiger partial charge on any atom is -0.369 e. The molecule has 0 spiro atoms. The molecule has 0 aromatic carbocycles. The van der Waals surface area contributed by atoms with Gasteiger partial charge in [0.2, 0.25) is 5.95 Å². The largest absolute Gasteiger partial charge is 0.369 e. The van der Waals surface area contributed by atoms with Crippen LogP contribution in [0.1, 0.15) is 6.42 Å². The molecule has 1 aliphatic rings. The summed E-state index contributed by atoms with van der Waals surface area (Å²) < 4.78 is 2.00. The number of rotatable bonds is 2. The summed E-state index contributed by atoms with van der Waals surface area (Å²) in [7, 11) is 0. The Hall–Kier alpha value is -0.940. The SMILES string of the molecule is Nc1nc2cc(Cl)cnc2n1CC1CCSC1. The van der Waals surface area contributed by atoms with E-state index in [4.69, 9.17) is 17.3 Å². The zero-order chi connectivity index (χ0) is 11.8. The summed E-state index contributed by atoms with van der Waals surface area (Å²) in [6.07, 6.45) is 2.89. The molecule has 1 atom stereocenters. The second-order valence-corrected chi connectivity index (χ2v) is 5.89. The normalized spacial score (nSPS) is 20.2. The fourth-order valence-electron chi connectivity index (χ4n) is 2.17. The molecule has 1 aliphatic heterocycles. The number of pyridine rings is 1. The molecule has 0 saturated carbocycles. The average Bonchev–Trinajstić information content (AvgIpc) is 2.88. The van der Waals surface area contributed by atoms with E-state index in [1.54, 1.807) is 12.3 Å². The summed E-state index contributed by atoms with van der Waals surface area (Å²) in [5, 5.41) is 0.596. The molecule has 0 amide bonds. The first-order chi connectivity index (χ1) is 8.24. The third kappa shape index (κ3) is 2.09. The highest BCUT2D eigenvalue weighted by Crippen LogP contribution is 2.27. The van der Waals surface area contributed by atoms with Crippen molar-refractivity contribution in [2.24, 2.45) is 5.92 Å². The number of imidazole rings is 1. The van der Waals surface area contributed by atoms with Gasteiger partial charge in [-0.1, -0.05) is 11.6 Å². The van der Waals surface area contributed by atoms with Gasteiger partial charge in [0.15, 0.2) is 5.65 Å². The highest BCUT2D eigenvalue weighted by Gasteiger charge is 2.19. The first kappa shape index (κ1) is 11.2. The fraction of sp³-hybridized carbons (Fsp3) is 0.455. The molecule has 0 bridgehead atoms. The number of thioether (sulfide) groups is 1. The molecule has 90 valence electrons. The van der Waals surface area contributed by atoms with Gasteiger partial charge in [0.1, 0.15) is 5.52 Å². The van der Waals surface area contributed by atoms with Crippen LogP contribution in [-0.4, -0.2) is 26.0 Å². The van der Waals surface area contributed by atoms with Gasteiger partial charge in [0.25, 0.3) is 0 Å². The van der Waals surface area contributed by atoms with E-state index in [-0.39, 0.29) is 0 Å². The lowest BCUT2D eigenvalue weighted by Gasteiger charge is -2.10. The molecule has 2 N–H and O–H groups in total. The van der Waals surface area contributed by atoms with Crippen LogP contribution < -0.4 is 5.73 Å². The molecule has 3 heterocycles. The van der Waals surface area contributed by atoms with E-state index in [2.05, 4.69) is 9.97 Å². The van der Waals surface area contributed by atoms with Gasteiger partial charge in [-0.05, 0) is 29.9 Å². The maximum absolute atomic E-state index is 5.94. The van der Waals surface area contributed by atoms with Crippen molar-refractivity contribution in [2.75, 3.05) is 17.2 Å². The standard InChI is InChI=1S/C11H13ClN4S/c12-8-3-9-10(14-4-8)16(11(13)15-9)5-7-1-2-17-6-7/h3-4,7H,1-2,5-6H2,(H2,13,15). The monoisotopic (exact) mass is 268 g/mol. The van der Waals surface area contributed by atoms with Crippen molar-refractivity contribution in [1.82, 2.24) is 14.5 Å². The minimum absolute atomic E-state index is 0.534. The van der Waals surface area contributed by atoms with Gasteiger partial charge in [-0.2, -0.15) is 11.8 Å². The van der Waals surface area contributed by atoms with Gasteiger partial charge < -0.3 is 5.73 Å². The van der Waals surface area contributed by atoms with Crippen LogP contribution in [0.2, 0.25) is 5.02 Å². The summed E-state index contributed by atoms with van der Waals surface area (Å²) in [6, 6.07) is 1.81. The number of nitrogens with two attached hydrogens (primary N) is 1. The van der Waals surface area contributed by atoms with Crippen LogP contribution in [0.5, 0.6) is 0 Å². The summed E-state index contributed by atoms with van der Waals surface area (Å²) in [4.78, 5) is 8.63. The molecule has 2 aromatic rings. The molecule has 1 unspecified atom stereocenters. The van der Waals surface area contributed by atoms with E-state index in [0.29, 0.717) is 16.9 Å². The second kappa shape index (κ2) is 4.38. The van der Waals surface area contributed by atoms with Crippen LogP contribution in [-0.2, 0) is 6.54 Å². The number of hydrogen-bond acceptors (Lipinski definition) is 4. The van der Waals surface area contributed by atoms with E-state index >= 15 is 0 Å². The minimum atomic E-state index is 0.534. The molecular weight excluding hydrogens is 256 g/mol. The Morgan fingerprint density at radius 1 is 1.59 bits per heavy atom. The van der Waals surface area contributed by atoms with Crippen molar-refractivity contribution in [2.45, 2.75) is 13.0 Å². The van der Waals surface area contributed by atoms with E-state index in [1.807, 2.05) is 16.3 Å². The Morgan fingerprint density at radius 3 is 3.24 bits per heavy atom. The van der Waals surface area contributed by atoms with Crippen LogP contribution in [0.25, 0.3) is 11.2 Å². The van der Waals surface area contributed by atoms with Crippen LogP contribution in [0.15, 0.2) is 12.3 Å². The highest BCUT2D eigenvalue weighted by atomic mass is 35.5. The number of nitrogen functional groups attached to an aromatic ring is 1. The Kier molecular flexibility index (Phi) is 2.88. The molecule has 6 heteroatoms. The Morgan fingerprint density at radius 2 is 2.47 bits per heavy atom. The molecule has 17 heavy (non-hydrogen) atoms. The van der Waals surface area contributed by atoms with Crippen molar-refractivity contribution in [3.05, 3.63) is 17.3 Å². The molecule has 0 aliphatic carbocycles. The van der Waals surface area contributed by atoms with E-state index < -0.39 is 0 Å². The highest BCUT2D eigenvalue weighted by molar-refractivity contribution is 7.99. The summed E-state index contributed by atoms with van der Waals surface area (Å²) in [5.74, 6) is 3.66. The van der Waals surface area contributed by atoms with Gasteiger partial charge in [0.05, 0.1) is 5.02 Å². The number of fused-ring (bicyclic) bond motifs is 1. The number of halogens is 1. The van der Waals surface area contributed by atoms with Gasteiger partial charge >= 0.3 is 0 Å². The van der Waals surface area contributed by atoms with Crippen LogP contribution >= 0.6 is 23.4 Å². The van der Waals surface area contributed by atoms with Crippen LogP contribution in [0, 0.1) is 5.92 Å². The molecule has 4 nitrogen and oxygen atoms in total. The third-order valence-electron chi connectivity index (χ3n) is 3.05. The number of nitrogens with zero attached hydrogens (tertiary/aromatic N) is 3. The smallest absolute Gasteiger partial charge is 0.202 e. The van der Waals surface area contributed by atoms with Crippen molar-refractivity contribution in [3.8, 4) is 0 Å². The molecule has 2 aromatic heterocycles. The van der Waals surface area contributed by atoms with Gasteiger partial charge in [0, 0.05) is 12.7 Å². The van der Waals surface area contributed by atoms with Crippen LogP contribution in [0.3, 0.4) is 0 Å². The number of anilines is 1. The maximum atomic E-state index is 5.94. The van der Waals surface area contributed by atoms with E-state index in [9.17, 15) is 0 Å². The Balaban J connectivity index is 1.99. The van der Waals surface area contributed by atoms with Crippen molar-refractivity contribution in [3.63, 3.8) is 0 Å². The predicted molar refractivity (Wildman–Crippen MR) is 72.4 cm³/mol. The molecule has 1 fully saturated rings. The van der Waals surface area contributed by atoms with Crippen molar-refractivity contribution in [1.29, 1.82) is 0 Å². The molecular formula is C11H13ClN4S. The lowest BCUT2D eigenvalue weighted by molar-refractivity contribution is 0.503. The van der Waals surface area contributed by atoms with Gasteiger partial charge in [-0.3, -0.25) is 4.57 Å². The quantitative estimate of drug-likeness (QED) is 0.909. The zero-order valence-corrected chi connectivity index (χ0v) is 10.8. The second-order valence-electron chi connectivity index (χ2n) is 4.31. The topological polar surface area (TPSA) is 56.7 Å². The van der Waals surface area contributed by atoms with Crippen molar-refractivity contribution >= 4 is 40.5 Å². The number of hydrogen-bond donors (Lipinski definition) is 1. The molecule has 0 radical (unpaired) electrons. The Labute approximate surface area is 109 Å². The van der Waals surface area contributed by atoms with Gasteiger partial charge in [-0.25, -0.2) is 9.97 Å². The third-order valence-corrected chi connectivity index (χ3v) is 4.48.